The van der Waals surface area contributed by atoms with E-state index < -0.39 is 4.92 Å². The maximum atomic E-state index is 10.9. The third-order valence-corrected chi connectivity index (χ3v) is 3.04. The first-order valence-electron chi connectivity index (χ1n) is 6.47. The summed E-state index contributed by atoms with van der Waals surface area (Å²) >= 11 is 0. The number of anilines is 1. The largest absolute Gasteiger partial charge is 0.393 e. The first-order valence-corrected chi connectivity index (χ1v) is 6.47. The molecule has 2 aromatic rings. The Balaban J connectivity index is 2.33. The average molecular weight is 292 g/mol. The van der Waals surface area contributed by atoms with Crippen LogP contribution in [0.3, 0.4) is 0 Å². The lowest BCUT2D eigenvalue weighted by atomic mass is 10.1. The highest BCUT2D eigenvalue weighted by molar-refractivity contribution is 5.67. The Hall–Kier alpha value is -2.48. The van der Waals surface area contributed by atoms with Gasteiger partial charge in [0.1, 0.15) is 11.8 Å². The Labute approximate surface area is 121 Å². The molecule has 0 aliphatic heterocycles. The third kappa shape index (κ3) is 3.16. The van der Waals surface area contributed by atoms with Gasteiger partial charge < -0.3 is 15.0 Å². The van der Waals surface area contributed by atoms with Gasteiger partial charge in [0.25, 0.3) is 11.6 Å². The number of nitro benzene ring substituents is 1. The molecule has 1 atom stereocenters. The molecule has 0 aliphatic rings. The molecule has 112 valence electrons. The van der Waals surface area contributed by atoms with Crippen LogP contribution in [0.5, 0.6) is 0 Å². The standard InChI is InChI=1S/C13H16N4O4/c1-3-4-11(20-2)12-15-13(21-16-12)8-5-6-9(14)10(7-8)17(18)19/h5-7,11H,3-4,14H2,1-2H3. The van der Waals surface area contributed by atoms with Crippen molar-refractivity contribution in [3.63, 3.8) is 0 Å². The van der Waals surface area contributed by atoms with Gasteiger partial charge in [-0.15, -0.1) is 0 Å². The van der Waals surface area contributed by atoms with Crippen LogP contribution in [0.4, 0.5) is 11.4 Å². The van der Waals surface area contributed by atoms with Crippen molar-refractivity contribution in [2.45, 2.75) is 25.9 Å². The Morgan fingerprint density at radius 2 is 2.29 bits per heavy atom. The quantitative estimate of drug-likeness (QED) is 0.494. The SMILES string of the molecule is CCCC(OC)c1noc(-c2ccc(N)c([N+](=O)[O-])c2)n1. The minimum atomic E-state index is -0.550. The number of benzene rings is 1. The van der Waals surface area contributed by atoms with Crippen molar-refractivity contribution in [2.24, 2.45) is 0 Å². The zero-order valence-corrected chi connectivity index (χ0v) is 11.8. The predicted octanol–water partition coefficient (Wildman–Crippen LogP) is 2.71. The first kappa shape index (κ1) is 14.9. The molecule has 21 heavy (non-hydrogen) atoms. The molecule has 0 saturated heterocycles. The van der Waals surface area contributed by atoms with Gasteiger partial charge >= 0.3 is 0 Å². The number of nitrogens with zero attached hydrogens (tertiary/aromatic N) is 3. The van der Waals surface area contributed by atoms with Crippen molar-refractivity contribution in [2.75, 3.05) is 12.8 Å². The van der Waals surface area contributed by atoms with E-state index in [2.05, 4.69) is 10.1 Å². The molecule has 0 fully saturated rings. The first-order chi connectivity index (χ1) is 10.1. The highest BCUT2D eigenvalue weighted by atomic mass is 16.6. The van der Waals surface area contributed by atoms with Gasteiger partial charge in [0.2, 0.25) is 5.82 Å². The van der Waals surface area contributed by atoms with E-state index in [0.29, 0.717) is 11.4 Å². The minimum absolute atomic E-state index is 0.0873. The van der Waals surface area contributed by atoms with Crippen molar-refractivity contribution in [3.8, 4) is 11.5 Å². The van der Waals surface area contributed by atoms with Gasteiger partial charge in [-0.1, -0.05) is 18.5 Å². The fourth-order valence-electron chi connectivity index (χ4n) is 1.93. The number of nitrogen functional groups attached to an aromatic ring is 1. The lowest BCUT2D eigenvalue weighted by molar-refractivity contribution is -0.383. The van der Waals surface area contributed by atoms with Gasteiger partial charge in [0.05, 0.1) is 4.92 Å². The maximum Gasteiger partial charge on any atom is 0.292 e. The zero-order chi connectivity index (χ0) is 15.4. The molecule has 1 heterocycles. The van der Waals surface area contributed by atoms with Gasteiger partial charge in [-0.05, 0) is 18.6 Å². The molecule has 1 aromatic carbocycles. The second kappa shape index (κ2) is 6.31. The number of aromatic nitrogens is 2. The molecule has 2 rings (SSSR count). The van der Waals surface area contributed by atoms with E-state index in [1.54, 1.807) is 13.2 Å². The number of methoxy groups -OCH3 is 1. The predicted molar refractivity (Wildman–Crippen MR) is 75.5 cm³/mol. The molecule has 8 nitrogen and oxygen atoms in total. The molecular weight excluding hydrogens is 276 g/mol. The van der Waals surface area contributed by atoms with Crippen LogP contribution < -0.4 is 5.73 Å². The summed E-state index contributed by atoms with van der Waals surface area (Å²) < 4.78 is 10.4. The summed E-state index contributed by atoms with van der Waals surface area (Å²) in [6, 6.07) is 4.35. The molecule has 0 spiro atoms. The molecule has 0 radical (unpaired) electrons. The fourth-order valence-corrected chi connectivity index (χ4v) is 1.93. The van der Waals surface area contributed by atoms with Crippen LogP contribution in [0.2, 0.25) is 0 Å². The fraction of sp³-hybridized carbons (Fsp3) is 0.385. The number of nitro groups is 1. The molecule has 0 aliphatic carbocycles. The summed E-state index contributed by atoms with van der Waals surface area (Å²) in [6.07, 6.45) is 1.42. The van der Waals surface area contributed by atoms with Crippen molar-refractivity contribution in [1.82, 2.24) is 10.1 Å². The Morgan fingerprint density at radius 3 is 2.90 bits per heavy atom. The van der Waals surface area contributed by atoms with Crippen LogP contribution in [0, 0.1) is 10.1 Å². The molecule has 8 heteroatoms. The van der Waals surface area contributed by atoms with Crippen LogP contribution in [0.25, 0.3) is 11.5 Å². The van der Waals surface area contributed by atoms with Crippen LogP contribution in [0.15, 0.2) is 22.7 Å². The maximum absolute atomic E-state index is 10.9. The smallest absolute Gasteiger partial charge is 0.292 e. The van der Waals surface area contributed by atoms with E-state index in [4.69, 9.17) is 15.0 Å². The van der Waals surface area contributed by atoms with E-state index in [1.165, 1.54) is 12.1 Å². The van der Waals surface area contributed by atoms with Crippen LogP contribution in [-0.4, -0.2) is 22.2 Å². The molecule has 1 aromatic heterocycles. The third-order valence-electron chi connectivity index (χ3n) is 3.04. The van der Waals surface area contributed by atoms with E-state index in [9.17, 15) is 10.1 Å². The highest BCUT2D eigenvalue weighted by Crippen LogP contribution is 2.29. The van der Waals surface area contributed by atoms with E-state index in [0.717, 1.165) is 12.8 Å². The number of hydrogen-bond acceptors (Lipinski definition) is 7. The Kier molecular flexibility index (Phi) is 4.49. The summed E-state index contributed by atoms with van der Waals surface area (Å²) in [7, 11) is 1.57. The summed E-state index contributed by atoms with van der Waals surface area (Å²) in [5.74, 6) is 0.625. The molecule has 2 N–H and O–H groups in total. The number of ether oxygens (including phenoxy) is 1. The second-order valence-electron chi connectivity index (χ2n) is 4.50. The van der Waals surface area contributed by atoms with Crippen molar-refractivity contribution < 1.29 is 14.2 Å². The summed E-state index contributed by atoms with van der Waals surface area (Å²) in [4.78, 5) is 14.6. The van der Waals surface area contributed by atoms with Crippen LogP contribution in [-0.2, 0) is 4.74 Å². The normalized spacial score (nSPS) is 12.3. The topological polar surface area (TPSA) is 117 Å². The number of nitrogens with two attached hydrogens (primary N) is 1. The molecule has 0 amide bonds. The van der Waals surface area contributed by atoms with Crippen molar-refractivity contribution in [1.29, 1.82) is 0 Å². The van der Waals surface area contributed by atoms with E-state index >= 15 is 0 Å². The monoisotopic (exact) mass is 292 g/mol. The summed E-state index contributed by atoms with van der Waals surface area (Å²) in [6.45, 7) is 2.02. The number of hydrogen-bond donors (Lipinski definition) is 1. The molecule has 0 bridgehead atoms. The summed E-state index contributed by atoms with van der Waals surface area (Å²) in [5, 5.41) is 14.8. The van der Waals surface area contributed by atoms with Crippen LogP contribution in [0.1, 0.15) is 31.7 Å². The summed E-state index contributed by atoms with van der Waals surface area (Å²) in [5.41, 5.74) is 5.90. The second-order valence-corrected chi connectivity index (χ2v) is 4.50. The van der Waals surface area contributed by atoms with Gasteiger partial charge in [0.15, 0.2) is 0 Å². The molecule has 1 unspecified atom stereocenters. The highest BCUT2D eigenvalue weighted by Gasteiger charge is 2.20. The lowest BCUT2D eigenvalue weighted by Gasteiger charge is -2.08. The average Bonchev–Trinajstić information content (AvgIpc) is 2.94. The van der Waals surface area contributed by atoms with Crippen LogP contribution >= 0.6 is 0 Å². The molecular formula is C13H16N4O4. The molecule has 0 saturated carbocycles. The minimum Gasteiger partial charge on any atom is -0.393 e. The van der Waals surface area contributed by atoms with Gasteiger partial charge in [-0.2, -0.15) is 4.98 Å². The van der Waals surface area contributed by atoms with E-state index in [1.807, 2.05) is 6.92 Å². The van der Waals surface area contributed by atoms with Crippen molar-refractivity contribution in [3.05, 3.63) is 34.1 Å². The van der Waals surface area contributed by atoms with Gasteiger partial charge in [0, 0.05) is 18.7 Å². The zero-order valence-electron chi connectivity index (χ0n) is 11.8. The van der Waals surface area contributed by atoms with Gasteiger partial charge in [-0.3, -0.25) is 10.1 Å². The lowest BCUT2D eigenvalue weighted by Crippen LogP contribution is -2.03. The Bertz CT molecular complexity index is 641. The van der Waals surface area contributed by atoms with Crippen molar-refractivity contribution >= 4 is 11.4 Å². The Morgan fingerprint density at radius 1 is 1.52 bits per heavy atom. The number of rotatable bonds is 6. The van der Waals surface area contributed by atoms with Gasteiger partial charge in [-0.25, -0.2) is 0 Å². The van der Waals surface area contributed by atoms with E-state index in [-0.39, 0.29) is 23.4 Å².